The summed E-state index contributed by atoms with van der Waals surface area (Å²) in [5, 5.41) is 5.01. The van der Waals surface area contributed by atoms with E-state index in [9.17, 15) is 9.59 Å². The lowest BCUT2D eigenvalue weighted by Gasteiger charge is -2.06. The van der Waals surface area contributed by atoms with Crippen molar-refractivity contribution in [3.05, 3.63) is 91.9 Å². The van der Waals surface area contributed by atoms with Gasteiger partial charge in [0.15, 0.2) is 5.13 Å². The van der Waals surface area contributed by atoms with Gasteiger partial charge in [0.05, 0.1) is 12.8 Å². The lowest BCUT2D eigenvalue weighted by molar-refractivity contribution is 0.102. The van der Waals surface area contributed by atoms with Crippen LogP contribution in [0.1, 0.15) is 21.9 Å². The molecule has 0 bridgehead atoms. The van der Waals surface area contributed by atoms with Gasteiger partial charge in [-0.3, -0.25) is 14.9 Å². The number of H-pyrrole nitrogens is 1. The van der Waals surface area contributed by atoms with Crippen molar-refractivity contribution in [3.8, 4) is 17.0 Å². The van der Waals surface area contributed by atoms with Gasteiger partial charge < -0.3 is 9.72 Å². The first-order chi connectivity index (χ1) is 15.0. The van der Waals surface area contributed by atoms with E-state index < -0.39 is 11.5 Å². The molecule has 0 atom stereocenters. The van der Waals surface area contributed by atoms with E-state index in [2.05, 4.69) is 36.2 Å². The molecule has 0 aliphatic rings. The third-order valence-corrected chi connectivity index (χ3v) is 5.70. The summed E-state index contributed by atoms with van der Waals surface area (Å²) in [6.45, 7) is 0. The molecular weight excluding hydrogens is 480 g/mol. The first-order valence-corrected chi connectivity index (χ1v) is 10.9. The van der Waals surface area contributed by atoms with E-state index >= 15 is 0 Å². The minimum Gasteiger partial charge on any atom is -0.497 e. The highest BCUT2D eigenvalue weighted by molar-refractivity contribution is 9.10. The fourth-order valence-electron chi connectivity index (χ4n) is 2.89. The van der Waals surface area contributed by atoms with Crippen molar-refractivity contribution in [2.24, 2.45) is 0 Å². The van der Waals surface area contributed by atoms with Gasteiger partial charge in [-0.1, -0.05) is 40.2 Å². The number of nitrogens with zero attached hydrogens (tertiary/aromatic N) is 2. The predicted octanol–water partition coefficient (Wildman–Crippen LogP) is 4.51. The number of aromatic amines is 1. The summed E-state index contributed by atoms with van der Waals surface area (Å²) in [5.74, 6) is 0.653. The Labute approximate surface area is 190 Å². The molecule has 1 amide bonds. The highest BCUT2D eigenvalue weighted by Gasteiger charge is 2.14. The van der Waals surface area contributed by atoms with E-state index in [1.165, 1.54) is 17.4 Å². The standard InChI is InChI=1S/C22H17BrN4O3S/c1-30-16-8-2-13(3-9-16)10-19-24-17(11-20(28)26-19)21(29)27-22-25-18(12-31-22)14-4-6-15(23)7-5-14/h2-9,11-12H,10H2,1H3,(H,24,26,28)(H,25,27,29). The van der Waals surface area contributed by atoms with E-state index in [4.69, 9.17) is 4.74 Å². The van der Waals surface area contributed by atoms with Gasteiger partial charge in [0.2, 0.25) is 0 Å². The zero-order valence-corrected chi connectivity index (χ0v) is 18.8. The number of anilines is 1. The van der Waals surface area contributed by atoms with Crippen LogP contribution < -0.4 is 15.6 Å². The van der Waals surface area contributed by atoms with Crippen LogP contribution in [0.2, 0.25) is 0 Å². The molecule has 2 N–H and O–H groups in total. The summed E-state index contributed by atoms with van der Waals surface area (Å²) in [6, 6.07) is 16.3. The summed E-state index contributed by atoms with van der Waals surface area (Å²) >= 11 is 4.71. The van der Waals surface area contributed by atoms with Gasteiger partial charge in [0.25, 0.3) is 11.5 Å². The Morgan fingerprint density at radius 1 is 1.13 bits per heavy atom. The van der Waals surface area contributed by atoms with Gasteiger partial charge in [0.1, 0.15) is 17.3 Å². The lowest BCUT2D eigenvalue weighted by Crippen LogP contribution is -2.20. The van der Waals surface area contributed by atoms with Crippen molar-refractivity contribution in [1.29, 1.82) is 0 Å². The number of carbonyl (C=O) groups excluding carboxylic acids is 1. The number of aromatic nitrogens is 3. The van der Waals surface area contributed by atoms with E-state index in [1.807, 2.05) is 53.9 Å². The Hall–Kier alpha value is -3.30. The number of amides is 1. The first-order valence-electron chi connectivity index (χ1n) is 9.26. The second kappa shape index (κ2) is 9.23. The van der Waals surface area contributed by atoms with E-state index in [1.54, 1.807) is 7.11 Å². The molecule has 0 spiro atoms. The topological polar surface area (TPSA) is 97.0 Å². The lowest BCUT2D eigenvalue weighted by atomic mass is 10.1. The second-order valence-corrected chi connectivity index (χ2v) is 8.37. The molecule has 0 aliphatic carbocycles. The summed E-state index contributed by atoms with van der Waals surface area (Å²) in [7, 11) is 1.60. The number of carbonyl (C=O) groups is 1. The number of methoxy groups -OCH3 is 1. The molecule has 2 aromatic carbocycles. The Balaban J connectivity index is 1.49. The smallest absolute Gasteiger partial charge is 0.276 e. The molecule has 31 heavy (non-hydrogen) atoms. The van der Waals surface area contributed by atoms with E-state index in [-0.39, 0.29) is 5.69 Å². The number of hydrogen-bond acceptors (Lipinski definition) is 6. The fourth-order valence-corrected chi connectivity index (χ4v) is 3.87. The predicted molar refractivity (Wildman–Crippen MR) is 124 cm³/mol. The van der Waals surface area contributed by atoms with E-state index in [0.29, 0.717) is 17.4 Å². The van der Waals surface area contributed by atoms with Crippen molar-refractivity contribution in [2.45, 2.75) is 6.42 Å². The molecule has 0 unspecified atom stereocenters. The van der Waals surface area contributed by atoms with Gasteiger partial charge in [0, 0.05) is 27.9 Å². The number of nitrogens with one attached hydrogen (secondary N) is 2. The normalized spacial score (nSPS) is 10.6. The zero-order chi connectivity index (χ0) is 21.8. The summed E-state index contributed by atoms with van der Waals surface area (Å²) in [6.07, 6.45) is 0.380. The molecule has 156 valence electrons. The van der Waals surface area contributed by atoms with Crippen molar-refractivity contribution in [2.75, 3.05) is 12.4 Å². The first kappa shape index (κ1) is 21.0. The largest absolute Gasteiger partial charge is 0.497 e. The van der Waals surface area contributed by atoms with Gasteiger partial charge >= 0.3 is 0 Å². The summed E-state index contributed by atoms with van der Waals surface area (Å²) in [5.41, 5.74) is 2.27. The maximum absolute atomic E-state index is 12.7. The molecular formula is C22H17BrN4O3S. The molecule has 2 aromatic heterocycles. The molecule has 0 saturated carbocycles. The number of thiazole rings is 1. The zero-order valence-electron chi connectivity index (χ0n) is 16.4. The van der Waals surface area contributed by atoms with Crippen LogP contribution in [0.3, 0.4) is 0 Å². The maximum atomic E-state index is 12.7. The minimum atomic E-state index is -0.487. The average Bonchev–Trinajstić information content (AvgIpc) is 3.23. The minimum absolute atomic E-state index is 0.0349. The van der Waals surface area contributed by atoms with Crippen LogP contribution in [0.25, 0.3) is 11.3 Å². The molecule has 4 aromatic rings. The maximum Gasteiger partial charge on any atom is 0.276 e. The number of hydrogen-bond donors (Lipinski definition) is 2. The van der Waals surface area contributed by atoms with Gasteiger partial charge in [-0.25, -0.2) is 9.97 Å². The molecule has 0 aliphatic heterocycles. The van der Waals surface area contributed by atoms with Crippen LogP contribution in [0, 0.1) is 0 Å². The van der Waals surface area contributed by atoms with Crippen LogP contribution in [-0.4, -0.2) is 28.0 Å². The number of rotatable bonds is 6. The van der Waals surface area contributed by atoms with Crippen LogP contribution in [-0.2, 0) is 6.42 Å². The van der Waals surface area contributed by atoms with Crippen LogP contribution in [0.15, 0.2) is 69.2 Å². The summed E-state index contributed by atoms with van der Waals surface area (Å²) < 4.78 is 6.13. The number of benzene rings is 2. The Morgan fingerprint density at radius 3 is 2.58 bits per heavy atom. The Bertz CT molecular complexity index is 1270. The molecule has 0 fully saturated rings. The summed E-state index contributed by atoms with van der Waals surface area (Å²) in [4.78, 5) is 36.2. The van der Waals surface area contributed by atoms with Crippen molar-refractivity contribution >= 4 is 38.3 Å². The van der Waals surface area contributed by atoms with Crippen LogP contribution in [0.5, 0.6) is 5.75 Å². The van der Waals surface area contributed by atoms with Crippen LogP contribution in [0.4, 0.5) is 5.13 Å². The average molecular weight is 497 g/mol. The highest BCUT2D eigenvalue weighted by atomic mass is 79.9. The van der Waals surface area contributed by atoms with Gasteiger partial charge in [-0.15, -0.1) is 11.3 Å². The quantitative estimate of drug-likeness (QED) is 0.409. The fraction of sp³-hybridized carbons (Fsp3) is 0.0909. The second-order valence-electron chi connectivity index (χ2n) is 6.60. The molecule has 7 nitrogen and oxygen atoms in total. The molecule has 0 saturated heterocycles. The van der Waals surface area contributed by atoms with Crippen LogP contribution >= 0.6 is 27.3 Å². The van der Waals surface area contributed by atoms with E-state index in [0.717, 1.165) is 27.0 Å². The number of halogens is 1. The molecule has 9 heteroatoms. The Kier molecular flexibility index (Phi) is 6.24. The monoisotopic (exact) mass is 496 g/mol. The van der Waals surface area contributed by atoms with Crippen molar-refractivity contribution < 1.29 is 9.53 Å². The Morgan fingerprint density at radius 2 is 1.87 bits per heavy atom. The number of ether oxygens (including phenoxy) is 1. The molecule has 0 radical (unpaired) electrons. The van der Waals surface area contributed by atoms with Crippen molar-refractivity contribution in [1.82, 2.24) is 15.0 Å². The molecule has 2 heterocycles. The third kappa shape index (κ3) is 5.25. The van der Waals surface area contributed by atoms with Crippen molar-refractivity contribution in [3.63, 3.8) is 0 Å². The highest BCUT2D eigenvalue weighted by Crippen LogP contribution is 2.26. The molecule has 4 rings (SSSR count). The van der Waals surface area contributed by atoms with Gasteiger partial charge in [-0.05, 0) is 29.8 Å². The van der Waals surface area contributed by atoms with Gasteiger partial charge in [-0.2, -0.15) is 0 Å². The third-order valence-electron chi connectivity index (χ3n) is 4.42. The SMILES string of the molecule is COc1ccc(Cc2nc(C(=O)Nc3nc(-c4ccc(Br)cc4)cs3)cc(=O)[nH]2)cc1.